The standard InChI is InChI=1S/C15H27N5O/c1-12(2)15-19-18-11-20(15)10-9-17-14(21)4-3-13-5-7-16-8-6-13/h11-13,16H,3-10H2,1-2H3,(H,17,21). The SMILES string of the molecule is CC(C)c1nncn1CCNC(=O)CCC1CCNCC1. The highest BCUT2D eigenvalue weighted by atomic mass is 16.1. The Hall–Kier alpha value is -1.43. The number of piperidine rings is 1. The topological polar surface area (TPSA) is 71.8 Å². The summed E-state index contributed by atoms with van der Waals surface area (Å²) in [4.78, 5) is 11.9. The van der Waals surface area contributed by atoms with Crippen LogP contribution in [-0.2, 0) is 11.3 Å². The van der Waals surface area contributed by atoms with Crippen LogP contribution >= 0.6 is 0 Å². The van der Waals surface area contributed by atoms with Crippen LogP contribution in [0.15, 0.2) is 6.33 Å². The molecule has 2 N–H and O–H groups in total. The number of carbonyl (C=O) groups is 1. The van der Waals surface area contributed by atoms with E-state index in [1.807, 2.05) is 4.57 Å². The lowest BCUT2D eigenvalue weighted by Crippen LogP contribution is -2.30. The summed E-state index contributed by atoms with van der Waals surface area (Å²) in [6, 6.07) is 0. The zero-order valence-electron chi connectivity index (χ0n) is 13.1. The van der Waals surface area contributed by atoms with Crippen molar-refractivity contribution in [3.05, 3.63) is 12.2 Å². The highest BCUT2D eigenvalue weighted by molar-refractivity contribution is 5.75. The van der Waals surface area contributed by atoms with E-state index >= 15 is 0 Å². The molecule has 0 bridgehead atoms. The largest absolute Gasteiger partial charge is 0.354 e. The number of aromatic nitrogens is 3. The van der Waals surface area contributed by atoms with Gasteiger partial charge in [0.25, 0.3) is 0 Å². The Morgan fingerprint density at radius 3 is 2.95 bits per heavy atom. The number of carbonyl (C=O) groups excluding carboxylic acids is 1. The molecule has 0 atom stereocenters. The van der Waals surface area contributed by atoms with Crippen LogP contribution in [-0.4, -0.2) is 40.3 Å². The van der Waals surface area contributed by atoms with E-state index in [-0.39, 0.29) is 5.91 Å². The molecule has 0 aromatic carbocycles. The molecule has 21 heavy (non-hydrogen) atoms. The average Bonchev–Trinajstić information content (AvgIpc) is 2.95. The molecule has 0 radical (unpaired) electrons. The van der Waals surface area contributed by atoms with Gasteiger partial charge in [-0.05, 0) is 38.3 Å². The number of nitrogens with one attached hydrogen (secondary N) is 2. The van der Waals surface area contributed by atoms with Crippen LogP contribution in [0.5, 0.6) is 0 Å². The van der Waals surface area contributed by atoms with E-state index in [9.17, 15) is 4.79 Å². The molecule has 1 aromatic rings. The first-order chi connectivity index (χ1) is 10.2. The lowest BCUT2D eigenvalue weighted by molar-refractivity contribution is -0.121. The summed E-state index contributed by atoms with van der Waals surface area (Å²) in [7, 11) is 0. The minimum absolute atomic E-state index is 0.160. The molecule has 0 unspecified atom stereocenters. The van der Waals surface area contributed by atoms with E-state index in [4.69, 9.17) is 0 Å². The molecular formula is C15H27N5O. The summed E-state index contributed by atoms with van der Waals surface area (Å²) < 4.78 is 2.01. The Balaban J connectivity index is 1.63. The highest BCUT2D eigenvalue weighted by Gasteiger charge is 2.14. The van der Waals surface area contributed by atoms with E-state index in [0.717, 1.165) is 31.9 Å². The van der Waals surface area contributed by atoms with Crippen LogP contribution in [0.25, 0.3) is 0 Å². The molecule has 2 heterocycles. The summed E-state index contributed by atoms with van der Waals surface area (Å²) in [5.74, 6) is 2.19. The predicted molar refractivity (Wildman–Crippen MR) is 81.9 cm³/mol. The highest BCUT2D eigenvalue weighted by Crippen LogP contribution is 2.17. The smallest absolute Gasteiger partial charge is 0.220 e. The number of hydrogen-bond donors (Lipinski definition) is 2. The average molecular weight is 293 g/mol. The Kier molecular flexibility index (Phi) is 6.17. The maximum Gasteiger partial charge on any atom is 0.220 e. The maximum atomic E-state index is 11.9. The molecule has 0 saturated carbocycles. The molecular weight excluding hydrogens is 266 g/mol. The second-order valence-electron chi connectivity index (χ2n) is 6.12. The molecule has 1 saturated heterocycles. The lowest BCUT2D eigenvalue weighted by atomic mass is 9.93. The number of nitrogens with zero attached hydrogens (tertiary/aromatic N) is 3. The van der Waals surface area contributed by atoms with Gasteiger partial charge in [-0.1, -0.05) is 13.8 Å². The zero-order chi connectivity index (χ0) is 15.1. The van der Waals surface area contributed by atoms with E-state index < -0.39 is 0 Å². The first-order valence-corrected chi connectivity index (χ1v) is 8.02. The maximum absolute atomic E-state index is 11.9. The number of hydrogen-bond acceptors (Lipinski definition) is 4. The van der Waals surface area contributed by atoms with Crippen molar-refractivity contribution in [3.63, 3.8) is 0 Å². The van der Waals surface area contributed by atoms with E-state index in [1.54, 1.807) is 6.33 Å². The van der Waals surface area contributed by atoms with Gasteiger partial charge in [0.2, 0.25) is 5.91 Å². The van der Waals surface area contributed by atoms with Gasteiger partial charge in [0.15, 0.2) is 0 Å². The summed E-state index contributed by atoms with van der Waals surface area (Å²) in [6.07, 6.45) is 5.79. The fraction of sp³-hybridized carbons (Fsp3) is 0.800. The Bertz CT molecular complexity index is 437. The van der Waals surface area contributed by atoms with E-state index in [0.29, 0.717) is 24.8 Å². The van der Waals surface area contributed by atoms with Gasteiger partial charge < -0.3 is 15.2 Å². The van der Waals surface area contributed by atoms with Gasteiger partial charge >= 0.3 is 0 Å². The van der Waals surface area contributed by atoms with E-state index in [2.05, 4.69) is 34.7 Å². The number of amides is 1. The van der Waals surface area contributed by atoms with E-state index in [1.165, 1.54) is 12.8 Å². The van der Waals surface area contributed by atoms with Crippen molar-refractivity contribution in [1.29, 1.82) is 0 Å². The minimum Gasteiger partial charge on any atom is -0.354 e. The third kappa shape index (κ3) is 5.12. The van der Waals surface area contributed by atoms with Crippen molar-refractivity contribution in [1.82, 2.24) is 25.4 Å². The van der Waals surface area contributed by atoms with Gasteiger partial charge in [0.1, 0.15) is 12.2 Å². The third-order valence-corrected chi connectivity index (χ3v) is 4.08. The van der Waals surface area contributed by atoms with Crippen molar-refractivity contribution in [2.45, 2.75) is 52.0 Å². The molecule has 1 aliphatic rings. The van der Waals surface area contributed by atoms with Crippen LogP contribution in [0.2, 0.25) is 0 Å². The Morgan fingerprint density at radius 2 is 2.24 bits per heavy atom. The van der Waals surface area contributed by atoms with Crippen molar-refractivity contribution in [2.24, 2.45) is 5.92 Å². The quantitative estimate of drug-likeness (QED) is 0.795. The van der Waals surface area contributed by atoms with Crippen molar-refractivity contribution in [2.75, 3.05) is 19.6 Å². The van der Waals surface area contributed by atoms with Gasteiger partial charge in [-0.15, -0.1) is 10.2 Å². The van der Waals surface area contributed by atoms with Gasteiger partial charge in [-0.25, -0.2) is 0 Å². The molecule has 2 rings (SSSR count). The lowest BCUT2D eigenvalue weighted by Gasteiger charge is -2.22. The minimum atomic E-state index is 0.160. The van der Waals surface area contributed by atoms with Crippen molar-refractivity contribution >= 4 is 5.91 Å². The zero-order valence-corrected chi connectivity index (χ0v) is 13.1. The Morgan fingerprint density at radius 1 is 1.48 bits per heavy atom. The fourth-order valence-electron chi connectivity index (χ4n) is 2.79. The van der Waals surface area contributed by atoms with Crippen LogP contribution in [0.1, 0.15) is 51.3 Å². The van der Waals surface area contributed by atoms with Crippen LogP contribution in [0.4, 0.5) is 0 Å². The molecule has 6 nitrogen and oxygen atoms in total. The van der Waals surface area contributed by atoms with Crippen molar-refractivity contribution in [3.8, 4) is 0 Å². The molecule has 0 aliphatic carbocycles. The number of rotatable bonds is 7. The third-order valence-electron chi connectivity index (χ3n) is 4.08. The van der Waals surface area contributed by atoms with Crippen LogP contribution < -0.4 is 10.6 Å². The molecule has 0 spiro atoms. The summed E-state index contributed by atoms with van der Waals surface area (Å²) in [5, 5.41) is 14.4. The molecule has 1 fully saturated rings. The monoisotopic (exact) mass is 293 g/mol. The van der Waals surface area contributed by atoms with Crippen molar-refractivity contribution < 1.29 is 4.79 Å². The molecule has 118 valence electrons. The normalized spacial score (nSPS) is 16.3. The fourth-order valence-corrected chi connectivity index (χ4v) is 2.79. The van der Waals surface area contributed by atoms with Crippen LogP contribution in [0.3, 0.4) is 0 Å². The van der Waals surface area contributed by atoms with Gasteiger partial charge in [0.05, 0.1) is 0 Å². The molecule has 1 aliphatic heterocycles. The van der Waals surface area contributed by atoms with Gasteiger partial charge in [-0.2, -0.15) is 0 Å². The summed E-state index contributed by atoms with van der Waals surface area (Å²) in [5.41, 5.74) is 0. The van der Waals surface area contributed by atoms with Gasteiger partial charge in [-0.3, -0.25) is 4.79 Å². The molecule has 1 amide bonds. The summed E-state index contributed by atoms with van der Waals surface area (Å²) >= 11 is 0. The first-order valence-electron chi connectivity index (χ1n) is 8.02. The van der Waals surface area contributed by atoms with Crippen LogP contribution in [0, 0.1) is 5.92 Å². The second-order valence-corrected chi connectivity index (χ2v) is 6.12. The first kappa shape index (κ1) is 15.9. The second kappa shape index (κ2) is 8.12. The van der Waals surface area contributed by atoms with Gasteiger partial charge in [0, 0.05) is 25.4 Å². The molecule has 6 heteroatoms. The summed E-state index contributed by atoms with van der Waals surface area (Å²) in [6.45, 7) is 7.76. The molecule has 1 aromatic heterocycles. The predicted octanol–water partition coefficient (Wildman–Crippen LogP) is 1.30. The Labute approximate surface area is 126 Å².